The molecule has 0 atom stereocenters. The maximum Gasteiger partial charge on any atom is 0.251 e. The van der Waals surface area contributed by atoms with E-state index in [4.69, 9.17) is 0 Å². The van der Waals surface area contributed by atoms with Gasteiger partial charge in [-0.25, -0.2) is 0 Å². The van der Waals surface area contributed by atoms with Crippen LogP contribution in [0.25, 0.3) is 0 Å². The maximum absolute atomic E-state index is 12.2. The molecule has 0 saturated heterocycles. The van der Waals surface area contributed by atoms with Gasteiger partial charge in [0.25, 0.3) is 11.8 Å². The molecule has 0 radical (unpaired) electrons. The Hall–Kier alpha value is -3.94. The lowest BCUT2D eigenvalue weighted by molar-refractivity contribution is -0.122. The van der Waals surface area contributed by atoms with Crippen LogP contribution in [-0.4, -0.2) is 48.0 Å². The zero-order valence-electron chi connectivity index (χ0n) is 27.6. The van der Waals surface area contributed by atoms with Crippen LogP contribution in [0, 0.1) is 23.7 Å². The van der Waals surface area contributed by atoms with Gasteiger partial charge in [0.15, 0.2) is 11.6 Å². The van der Waals surface area contributed by atoms with Crippen molar-refractivity contribution in [3.8, 4) is 0 Å². The van der Waals surface area contributed by atoms with E-state index < -0.39 is 0 Å². The van der Waals surface area contributed by atoms with Crippen LogP contribution in [0.15, 0.2) is 48.5 Å². The Kier molecular flexibility index (Phi) is 16.8. The van der Waals surface area contributed by atoms with Crippen LogP contribution in [-0.2, 0) is 9.59 Å². The Bertz CT molecular complexity index is 1200. The minimum absolute atomic E-state index is 0.00869. The summed E-state index contributed by atoms with van der Waals surface area (Å²) < 4.78 is 0. The van der Waals surface area contributed by atoms with Crippen LogP contribution in [0.1, 0.15) is 123 Å². The first kappa shape index (κ1) is 38.1. The predicted molar refractivity (Wildman–Crippen MR) is 174 cm³/mol. The van der Waals surface area contributed by atoms with Crippen LogP contribution in [0.3, 0.4) is 0 Å². The summed E-state index contributed by atoms with van der Waals surface area (Å²) in [5, 5.41) is 5.55. The number of hydrogen-bond acceptors (Lipinski definition) is 6. The highest BCUT2D eigenvalue weighted by atomic mass is 16.2. The Morgan fingerprint density at radius 3 is 1.14 bits per heavy atom. The first-order valence-corrected chi connectivity index (χ1v) is 15.6. The fraction of sp³-hybridized carbons (Fsp3) is 0.500. The molecule has 0 aliphatic heterocycles. The van der Waals surface area contributed by atoms with Gasteiger partial charge in [0.2, 0.25) is 0 Å². The summed E-state index contributed by atoms with van der Waals surface area (Å²) in [5.41, 5.74) is 2.05. The summed E-state index contributed by atoms with van der Waals surface area (Å²) in [6.07, 6.45) is 2.08. The van der Waals surface area contributed by atoms with Crippen LogP contribution in [0.5, 0.6) is 0 Å². The first-order valence-electron chi connectivity index (χ1n) is 15.6. The molecule has 0 heterocycles. The van der Waals surface area contributed by atoms with Crippen molar-refractivity contribution in [3.63, 3.8) is 0 Å². The van der Waals surface area contributed by atoms with Gasteiger partial charge in [0.05, 0.1) is 0 Å². The molecule has 2 N–H and O–H groups in total. The molecule has 240 valence electrons. The molecule has 0 unspecified atom stereocenters. The van der Waals surface area contributed by atoms with E-state index >= 15 is 0 Å². The largest absolute Gasteiger partial charge is 0.352 e. The van der Waals surface area contributed by atoms with E-state index in [0.717, 1.165) is 0 Å². The van der Waals surface area contributed by atoms with E-state index in [-0.39, 0.29) is 58.6 Å². The second kappa shape index (κ2) is 19.4. The van der Waals surface area contributed by atoms with Gasteiger partial charge in [-0.1, -0.05) is 79.7 Å². The SMILES string of the molecule is CC(C)C(=O)CCCNC(=O)c1cccc(C(=O)NCCCC(=O)C(C)C)c1.CC(C)C(=O)c1cccc(C(=O)C(C)C)c1. The lowest BCUT2D eigenvalue weighted by atomic mass is 9.95. The number of benzene rings is 2. The first-order chi connectivity index (χ1) is 20.6. The monoisotopic (exact) mass is 606 g/mol. The average molecular weight is 607 g/mol. The van der Waals surface area contributed by atoms with E-state index in [2.05, 4.69) is 10.6 Å². The fourth-order valence-corrected chi connectivity index (χ4v) is 4.00. The molecule has 0 spiro atoms. The second-order valence-corrected chi connectivity index (χ2v) is 12.2. The summed E-state index contributed by atoms with van der Waals surface area (Å²) in [7, 11) is 0. The Morgan fingerprint density at radius 1 is 0.500 bits per heavy atom. The van der Waals surface area contributed by atoms with Gasteiger partial charge in [0, 0.05) is 71.9 Å². The highest BCUT2D eigenvalue weighted by Gasteiger charge is 2.15. The third-order valence-corrected chi connectivity index (χ3v) is 6.93. The van der Waals surface area contributed by atoms with Crippen LogP contribution in [0.4, 0.5) is 0 Å². The highest BCUT2D eigenvalue weighted by molar-refractivity contribution is 6.02. The molecular formula is C36H50N2O6. The number of hydrogen-bond donors (Lipinski definition) is 2. The van der Waals surface area contributed by atoms with Crippen molar-refractivity contribution in [2.45, 2.75) is 81.1 Å². The number of carbonyl (C=O) groups excluding carboxylic acids is 6. The minimum atomic E-state index is -0.269. The standard InChI is InChI=1S/C22H32N2O4.C14H18O2/c1-15(2)19(25)10-6-12-23-21(27)17-8-5-9-18(14-17)22(28)24-13-7-11-20(26)16(3)4;1-9(2)13(15)11-6-5-7-12(8-11)14(16)10(3)4/h5,8-9,14-16H,6-7,10-13H2,1-4H3,(H,23,27)(H,24,28);5-10H,1-4H3. The predicted octanol–water partition coefficient (Wildman–Crippen LogP) is 6.52. The number of nitrogens with one attached hydrogen (secondary N) is 2. The minimum Gasteiger partial charge on any atom is -0.352 e. The molecule has 2 aromatic carbocycles. The van der Waals surface area contributed by atoms with Gasteiger partial charge in [0.1, 0.15) is 11.6 Å². The van der Waals surface area contributed by atoms with Gasteiger partial charge in [-0.2, -0.15) is 0 Å². The van der Waals surface area contributed by atoms with E-state index in [1.54, 1.807) is 48.5 Å². The summed E-state index contributed by atoms with van der Waals surface area (Å²) in [6.45, 7) is 15.7. The number of amides is 2. The van der Waals surface area contributed by atoms with Gasteiger partial charge in [-0.05, 0) is 37.1 Å². The van der Waals surface area contributed by atoms with Crippen molar-refractivity contribution in [2.75, 3.05) is 13.1 Å². The van der Waals surface area contributed by atoms with Crippen molar-refractivity contribution >= 4 is 34.9 Å². The van der Waals surface area contributed by atoms with Gasteiger partial charge in [-0.3, -0.25) is 28.8 Å². The molecular weight excluding hydrogens is 556 g/mol. The van der Waals surface area contributed by atoms with E-state index in [1.165, 1.54) is 0 Å². The summed E-state index contributed by atoms with van der Waals surface area (Å²) in [4.78, 5) is 71.2. The summed E-state index contributed by atoms with van der Waals surface area (Å²) in [5.74, 6) is -0.0660. The molecule has 0 aliphatic rings. The molecule has 8 nitrogen and oxygen atoms in total. The fourth-order valence-electron chi connectivity index (χ4n) is 4.00. The Morgan fingerprint density at radius 2 is 0.818 bits per heavy atom. The third-order valence-electron chi connectivity index (χ3n) is 6.93. The molecule has 2 amide bonds. The molecule has 0 aliphatic carbocycles. The zero-order valence-corrected chi connectivity index (χ0v) is 27.6. The van der Waals surface area contributed by atoms with Crippen molar-refractivity contribution in [1.29, 1.82) is 0 Å². The van der Waals surface area contributed by atoms with E-state index in [0.29, 0.717) is 61.0 Å². The molecule has 0 fully saturated rings. The van der Waals surface area contributed by atoms with Gasteiger partial charge in [-0.15, -0.1) is 0 Å². The topological polar surface area (TPSA) is 126 Å². The van der Waals surface area contributed by atoms with Crippen molar-refractivity contribution < 1.29 is 28.8 Å². The highest BCUT2D eigenvalue weighted by Crippen LogP contribution is 2.14. The average Bonchev–Trinajstić information content (AvgIpc) is 3.00. The molecule has 8 heteroatoms. The molecule has 0 aromatic heterocycles. The summed E-state index contributed by atoms with van der Waals surface area (Å²) in [6, 6.07) is 13.5. The zero-order chi connectivity index (χ0) is 33.4. The number of rotatable bonds is 16. The quantitative estimate of drug-likeness (QED) is 0.165. The third kappa shape index (κ3) is 13.6. The Labute approximate surface area is 262 Å². The van der Waals surface area contributed by atoms with Gasteiger partial charge >= 0.3 is 0 Å². The number of Topliss-reactive ketones (excluding diaryl/α,β-unsaturated/α-hetero) is 4. The van der Waals surface area contributed by atoms with Crippen LogP contribution >= 0.6 is 0 Å². The normalized spacial score (nSPS) is 10.8. The smallest absolute Gasteiger partial charge is 0.251 e. The number of carbonyl (C=O) groups is 6. The molecule has 44 heavy (non-hydrogen) atoms. The Balaban J connectivity index is 0.000000511. The molecule has 2 rings (SSSR count). The molecule has 2 aromatic rings. The van der Waals surface area contributed by atoms with Gasteiger partial charge < -0.3 is 10.6 Å². The van der Waals surface area contributed by atoms with Crippen molar-refractivity contribution in [3.05, 3.63) is 70.8 Å². The second-order valence-electron chi connectivity index (χ2n) is 12.2. The van der Waals surface area contributed by atoms with Crippen LogP contribution in [0.2, 0.25) is 0 Å². The molecule has 0 bridgehead atoms. The van der Waals surface area contributed by atoms with Crippen molar-refractivity contribution in [2.24, 2.45) is 23.7 Å². The van der Waals surface area contributed by atoms with Crippen molar-refractivity contribution in [1.82, 2.24) is 10.6 Å². The molecule has 0 saturated carbocycles. The lowest BCUT2D eigenvalue weighted by Crippen LogP contribution is -2.27. The van der Waals surface area contributed by atoms with E-state index in [9.17, 15) is 28.8 Å². The maximum atomic E-state index is 12.2. The van der Waals surface area contributed by atoms with Crippen LogP contribution < -0.4 is 10.6 Å². The number of ketones is 4. The van der Waals surface area contributed by atoms with E-state index in [1.807, 2.05) is 55.4 Å². The lowest BCUT2D eigenvalue weighted by Gasteiger charge is -2.09. The summed E-state index contributed by atoms with van der Waals surface area (Å²) >= 11 is 0.